The topological polar surface area (TPSA) is 33.1 Å². The Bertz CT molecular complexity index is 385. The van der Waals surface area contributed by atoms with E-state index in [0.717, 1.165) is 6.20 Å². The Morgan fingerprint density at radius 2 is 2.06 bits per heavy atom. The van der Waals surface area contributed by atoms with Crippen LogP contribution in [0.25, 0.3) is 0 Å². The Kier molecular flexibility index (Phi) is 2.66. The van der Waals surface area contributed by atoms with E-state index in [4.69, 9.17) is 0 Å². The van der Waals surface area contributed by atoms with Crippen LogP contribution in [0.15, 0.2) is 18.3 Å². The SMILES string of the molecule is OC1(CCc2cccnc2C(F)(F)F)CC1. The predicted molar refractivity (Wildman–Crippen MR) is 51.7 cm³/mol. The maximum atomic E-state index is 12.6. The van der Waals surface area contributed by atoms with Crippen LogP contribution in [-0.4, -0.2) is 15.7 Å². The molecule has 1 aromatic heterocycles. The molecular formula is C11H12F3NO. The number of halogens is 3. The van der Waals surface area contributed by atoms with Crippen molar-refractivity contribution in [2.45, 2.75) is 37.5 Å². The molecule has 0 spiro atoms. The monoisotopic (exact) mass is 231 g/mol. The molecule has 1 aliphatic carbocycles. The zero-order valence-electron chi connectivity index (χ0n) is 8.59. The third-order valence-electron chi connectivity index (χ3n) is 2.85. The molecule has 0 atom stereocenters. The number of aliphatic hydroxyl groups is 1. The van der Waals surface area contributed by atoms with Crippen LogP contribution in [0, 0.1) is 0 Å². The van der Waals surface area contributed by atoms with E-state index in [1.807, 2.05) is 0 Å². The van der Waals surface area contributed by atoms with Gasteiger partial charge in [-0.05, 0) is 37.3 Å². The van der Waals surface area contributed by atoms with Gasteiger partial charge in [0.15, 0.2) is 0 Å². The van der Waals surface area contributed by atoms with Crippen molar-refractivity contribution in [2.75, 3.05) is 0 Å². The molecule has 88 valence electrons. The number of nitrogens with zero attached hydrogens (tertiary/aromatic N) is 1. The molecule has 1 saturated carbocycles. The first-order valence-corrected chi connectivity index (χ1v) is 5.14. The largest absolute Gasteiger partial charge is 0.433 e. The van der Waals surface area contributed by atoms with E-state index >= 15 is 0 Å². The average Bonchev–Trinajstić information content (AvgIpc) is 2.94. The first-order valence-electron chi connectivity index (χ1n) is 5.14. The lowest BCUT2D eigenvalue weighted by molar-refractivity contribution is -0.141. The van der Waals surface area contributed by atoms with Gasteiger partial charge in [0.25, 0.3) is 0 Å². The van der Waals surface area contributed by atoms with E-state index in [-0.39, 0.29) is 12.0 Å². The quantitative estimate of drug-likeness (QED) is 0.867. The standard InChI is InChI=1S/C11H12F3NO/c12-11(13,14)9-8(2-1-7-15-9)3-4-10(16)5-6-10/h1-2,7,16H,3-6H2. The molecule has 5 heteroatoms. The number of aryl methyl sites for hydroxylation is 1. The van der Waals surface area contributed by atoms with Gasteiger partial charge in [-0.1, -0.05) is 6.07 Å². The van der Waals surface area contributed by atoms with Gasteiger partial charge < -0.3 is 5.11 Å². The minimum absolute atomic E-state index is 0.162. The van der Waals surface area contributed by atoms with E-state index in [1.54, 1.807) is 0 Å². The van der Waals surface area contributed by atoms with Crippen molar-refractivity contribution in [2.24, 2.45) is 0 Å². The highest BCUT2D eigenvalue weighted by Crippen LogP contribution is 2.40. The molecule has 0 radical (unpaired) electrons. The Hall–Kier alpha value is -1.10. The summed E-state index contributed by atoms with van der Waals surface area (Å²) in [4.78, 5) is 3.36. The Balaban J connectivity index is 2.13. The Morgan fingerprint density at radius 3 is 2.62 bits per heavy atom. The lowest BCUT2D eigenvalue weighted by atomic mass is 10.0. The van der Waals surface area contributed by atoms with Crippen LogP contribution >= 0.6 is 0 Å². The number of alkyl halides is 3. The van der Waals surface area contributed by atoms with Crippen LogP contribution < -0.4 is 0 Å². The molecular weight excluding hydrogens is 219 g/mol. The average molecular weight is 231 g/mol. The van der Waals surface area contributed by atoms with E-state index < -0.39 is 17.5 Å². The number of pyridine rings is 1. The van der Waals surface area contributed by atoms with Gasteiger partial charge in [-0.2, -0.15) is 13.2 Å². The third kappa shape index (κ3) is 2.52. The van der Waals surface area contributed by atoms with Gasteiger partial charge in [-0.15, -0.1) is 0 Å². The molecule has 0 aliphatic heterocycles. The Morgan fingerprint density at radius 1 is 1.38 bits per heavy atom. The number of rotatable bonds is 3. The molecule has 1 heterocycles. The molecule has 2 rings (SSSR count). The highest BCUT2D eigenvalue weighted by atomic mass is 19.4. The maximum Gasteiger partial charge on any atom is 0.433 e. The Labute approximate surface area is 91.1 Å². The number of aromatic nitrogens is 1. The summed E-state index contributed by atoms with van der Waals surface area (Å²) in [7, 11) is 0. The summed E-state index contributed by atoms with van der Waals surface area (Å²) < 4.78 is 37.7. The highest BCUT2D eigenvalue weighted by Gasteiger charge is 2.41. The van der Waals surface area contributed by atoms with Crippen molar-refractivity contribution in [3.8, 4) is 0 Å². The molecule has 0 unspecified atom stereocenters. The molecule has 2 nitrogen and oxygen atoms in total. The lowest BCUT2D eigenvalue weighted by Gasteiger charge is -2.12. The normalized spacial score (nSPS) is 18.5. The van der Waals surface area contributed by atoms with Crippen LogP contribution in [0.3, 0.4) is 0 Å². The van der Waals surface area contributed by atoms with Crippen molar-refractivity contribution in [3.63, 3.8) is 0 Å². The fourth-order valence-electron chi connectivity index (χ4n) is 1.66. The molecule has 1 aromatic rings. The van der Waals surface area contributed by atoms with Gasteiger partial charge >= 0.3 is 6.18 Å². The molecule has 0 aromatic carbocycles. The van der Waals surface area contributed by atoms with Gasteiger partial charge in [-0.3, -0.25) is 4.98 Å². The first kappa shape index (κ1) is 11.4. The zero-order valence-corrected chi connectivity index (χ0v) is 8.59. The summed E-state index contributed by atoms with van der Waals surface area (Å²) in [5, 5.41) is 9.58. The molecule has 0 bridgehead atoms. The number of hydrogen-bond donors (Lipinski definition) is 1. The molecule has 16 heavy (non-hydrogen) atoms. The van der Waals surface area contributed by atoms with Gasteiger partial charge in [-0.25, -0.2) is 0 Å². The minimum Gasteiger partial charge on any atom is -0.390 e. The second kappa shape index (κ2) is 3.73. The molecule has 0 amide bonds. The second-order valence-corrected chi connectivity index (χ2v) is 4.23. The fraction of sp³-hybridized carbons (Fsp3) is 0.545. The fourth-order valence-corrected chi connectivity index (χ4v) is 1.66. The summed E-state index contributed by atoms with van der Waals surface area (Å²) in [6.07, 6.45) is -1.30. The van der Waals surface area contributed by atoms with Crippen LogP contribution in [0.5, 0.6) is 0 Å². The molecule has 1 fully saturated rings. The summed E-state index contributed by atoms with van der Waals surface area (Å²) >= 11 is 0. The summed E-state index contributed by atoms with van der Waals surface area (Å²) in [6.45, 7) is 0. The highest BCUT2D eigenvalue weighted by molar-refractivity contribution is 5.23. The third-order valence-corrected chi connectivity index (χ3v) is 2.85. The maximum absolute atomic E-state index is 12.6. The van der Waals surface area contributed by atoms with Gasteiger partial charge in [0.05, 0.1) is 5.60 Å². The van der Waals surface area contributed by atoms with E-state index in [2.05, 4.69) is 4.98 Å². The molecule has 0 saturated heterocycles. The van der Waals surface area contributed by atoms with Crippen molar-refractivity contribution in [3.05, 3.63) is 29.6 Å². The first-order chi connectivity index (χ1) is 7.41. The summed E-state index contributed by atoms with van der Waals surface area (Å²) in [5.41, 5.74) is -1.40. The summed E-state index contributed by atoms with van der Waals surface area (Å²) in [6, 6.07) is 2.91. The van der Waals surface area contributed by atoms with Gasteiger partial charge in [0.1, 0.15) is 5.69 Å². The number of hydrogen-bond acceptors (Lipinski definition) is 2. The molecule has 1 aliphatic rings. The van der Waals surface area contributed by atoms with Crippen molar-refractivity contribution < 1.29 is 18.3 Å². The van der Waals surface area contributed by atoms with E-state index in [0.29, 0.717) is 19.3 Å². The van der Waals surface area contributed by atoms with E-state index in [9.17, 15) is 18.3 Å². The molecule has 1 N–H and O–H groups in total. The van der Waals surface area contributed by atoms with Crippen molar-refractivity contribution in [1.82, 2.24) is 4.98 Å². The van der Waals surface area contributed by atoms with Crippen molar-refractivity contribution in [1.29, 1.82) is 0 Å². The van der Waals surface area contributed by atoms with Crippen LogP contribution in [0.1, 0.15) is 30.5 Å². The van der Waals surface area contributed by atoms with E-state index in [1.165, 1.54) is 12.1 Å². The van der Waals surface area contributed by atoms with Gasteiger partial charge in [0, 0.05) is 6.20 Å². The zero-order chi connectivity index (χ0) is 11.8. The van der Waals surface area contributed by atoms with Crippen LogP contribution in [0.2, 0.25) is 0 Å². The second-order valence-electron chi connectivity index (χ2n) is 4.23. The summed E-state index contributed by atoms with van der Waals surface area (Å²) in [5.74, 6) is 0. The minimum atomic E-state index is -4.41. The predicted octanol–water partition coefficient (Wildman–Crippen LogP) is 2.56. The lowest BCUT2D eigenvalue weighted by Crippen LogP contribution is -2.14. The smallest absolute Gasteiger partial charge is 0.390 e. The van der Waals surface area contributed by atoms with Crippen LogP contribution in [-0.2, 0) is 12.6 Å². The van der Waals surface area contributed by atoms with Crippen LogP contribution in [0.4, 0.5) is 13.2 Å². The van der Waals surface area contributed by atoms with Crippen molar-refractivity contribution >= 4 is 0 Å². The van der Waals surface area contributed by atoms with Gasteiger partial charge in [0.2, 0.25) is 0 Å².